The third-order valence-corrected chi connectivity index (χ3v) is 3.66. The van der Waals surface area contributed by atoms with Crippen molar-refractivity contribution >= 4 is 17.6 Å². The smallest absolute Gasteiger partial charge is 0.308 e. The number of rotatable bonds is 4. The molecule has 22 heavy (non-hydrogen) atoms. The van der Waals surface area contributed by atoms with E-state index < -0.39 is 11.9 Å². The number of hydrogen-bond donors (Lipinski definition) is 1. The number of carboxylic acid groups (broad SMARTS) is 1. The van der Waals surface area contributed by atoms with Crippen LogP contribution in [-0.4, -0.2) is 33.7 Å². The van der Waals surface area contributed by atoms with Crippen molar-refractivity contribution in [3.63, 3.8) is 0 Å². The van der Waals surface area contributed by atoms with Crippen molar-refractivity contribution in [2.24, 2.45) is 5.92 Å². The van der Waals surface area contributed by atoms with Crippen LogP contribution in [0.1, 0.15) is 19.2 Å². The van der Waals surface area contributed by atoms with Crippen molar-refractivity contribution in [1.29, 1.82) is 0 Å². The average molecular weight is 301 g/mol. The predicted molar refractivity (Wildman–Crippen MR) is 77.2 cm³/mol. The van der Waals surface area contributed by atoms with E-state index in [4.69, 9.17) is 9.63 Å². The van der Waals surface area contributed by atoms with Gasteiger partial charge in [0.25, 0.3) is 5.89 Å². The van der Waals surface area contributed by atoms with Crippen LogP contribution in [0.15, 0.2) is 28.8 Å². The number of aryl methyl sites for hydroxylation is 1. The fraction of sp³-hybridized carbons (Fsp3) is 0.333. The summed E-state index contributed by atoms with van der Waals surface area (Å²) in [5.74, 6) is -0.796. The Hall–Kier alpha value is -2.70. The van der Waals surface area contributed by atoms with Gasteiger partial charge in [-0.1, -0.05) is 18.1 Å². The van der Waals surface area contributed by atoms with Crippen LogP contribution in [0.3, 0.4) is 0 Å². The molecule has 1 N–H and O–H groups in total. The Balaban J connectivity index is 1.88. The molecule has 1 saturated heterocycles. The first-order chi connectivity index (χ1) is 10.6. The fourth-order valence-electron chi connectivity index (χ4n) is 2.44. The Morgan fingerprint density at radius 3 is 2.95 bits per heavy atom. The van der Waals surface area contributed by atoms with Crippen LogP contribution in [-0.2, 0) is 16.0 Å². The Labute approximate surface area is 126 Å². The van der Waals surface area contributed by atoms with Crippen LogP contribution < -0.4 is 4.90 Å². The summed E-state index contributed by atoms with van der Waals surface area (Å²) >= 11 is 0. The van der Waals surface area contributed by atoms with Gasteiger partial charge in [0, 0.05) is 30.6 Å². The summed E-state index contributed by atoms with van der Waals surface area (Å²) in [6, 6.07) is 7.12. The summed E-state index contributed by atoms with van der Waals surface area (Å²) in [4.78, 5) is 28.8. The number of hydrogen-bond acceptors (Lipinski definition) is 5. The molecular weight excluding hydrogens is 286 g/mol. The van der Waals surface area contributed by atoms with Gasteiger partial charge in [-0.3, -0.25) is 9.59 Å². The van der Waals surface area contributed by atoms with E-state index in [1.165, 1.54) is 4.90 Å². The maximum absolute atomic E-state index is 12.0. The highest BCUT2D eigenvalue weighted by Gasteiger charge is 2.35. The first-order valence-corrected chi connectivity index (χ1v) is 7.04. The number of aliphatic carboxylic acids is 1. The highest BCUT2D eigenvalue weighted by Crippen LogP contribution is 2.28. The Morgan fingerprint density at radius 2 is 2.32 bits per heavy atom. The van der Waals surface area contributed by atoms with Crippen molar-refractivity contribution < 1.29 is 19.2 Å². The quantitative estimate of drug-likeness (QED) is 0.924. The van der Waals surface area contributed by atoms with E-state index >= 15 is 0 Å². The minimum atomic E-state index is -0.948. The number of aromatic nitrogens is 2. The molecule has 0 saturated carbocycles. The zero-order valence-electron chi connectivity index (χ0n) is 12.0. The van der Waals surface area contributed by atoms with Crippen molar-refractivity contribution in [2.45, 2.75) is 19.8 Å². The van der Waals surface area contributed by atoms with Gasteiger partial charge in [-0.15, -0.1) is 0 Å². The molecule has 2 heterocycles. The fourth-order valence-corrected chi connectivity index (χ4v) is 2.44. The summed E-state index contributed by atoms with van der Waals surface area (Å²) in [6.45, 7) is 2.11. The van der Waals surface area contributed by atoms with Crippen LogP contribution in [0.25, 0.3) is 11.5 Å². The molecule has 1 fully saturated rings. The van der Waals surface area contributed by atoms with Gasteiger partial charge in [-0.25, -0.2) is 0 Å². The molecular formula is C15H15N3O4. The Kier molecular flexibility index (Phi) is 3.62. The number of nitrogens with zero attached hydrogens (tertiary/aromatic N) is 3. The monoisotopic (exact) mass is 301 g/mol. The number of benzene rings is 1. The maximum atomic E-state index is 12.0. The molecule has 0 spiro atoms. The minimum absolute atomic E-state index is 0.0279. The van der Waals surface area contributed by atoms with E-state index in [2.05, 4.69) is 10.1 Å². The van der Waals surface area contributed by atoms with Crippen molar-refractivity contribution in [1.82, 2.24) is 10.1 Å². The van der Waals surface area contributed by atoms with Crippen molar-refractivity contribution in [3.8, 4) is 11.5 Å². The number of carboxylic acids is 1. The summed E-state index contributed by atoms with van der Waals surface area (Å²) in [6.07, 6.45) is 0.703. The molecule has 1 aliphatic rings. The number of carbonyl (C=O) groups excluding carboxylic acids is 1. The minimum Gasteiger partial charge on any atom is -0.481 e. The lowest BCUT2D eigenvalue weighted by molar-refractivity contribution is -0.141. The lowest BCUT2D eigenvalue weighted by Gasteiger charge is -2.16. The van der Waals surface area contributed by atoms with Gasteiger partial charge in [0.05, 0.1) is 5.92 Å². The van der Waals surface area contributed by atoms with Gasteiger partial charge < -0.3 is 14.5 Å². The topological polar surface area (TPSA) is 96.5 Å². The van der Waals surface area contributed by atoms with E-state index in [-0.39, 0.29) is 18.9 Å². The number of anilines is 1. The molecule has 1 aromatic carbocycles. The molecule has 0 radical (unpaired) electrons. The van der Waals surface area contributed by atoms with Crippen LogP contribution in [0.2, 0.25) is 0 Å². The second-order valence-electron chi connectivity index (χ2n) is 5.16. The number of carbonyl (C=O) groups is 2. The van der Waals surface area contributed by atoms with Gasteiger partial charge >= 0.3 is 5.97 Å². The van der Waals surface area contributed by atoms with Gasteiger partial charge in [0.15, 0.2) is 5.82 Å². The second-order valence-corrected chi connectivity index (χ2v) is 5.16. The van der Waals surface area contributed by atoms with Crippen molar-refractivity contribution in [2.75, 3.05) is 11.4 Å². The van der Waals surface area contributed by atoms with E-state index in [1.54, 1.807) is 18.2 Å². The largest absolute Gasteiger partial charge is 0.481 e. The van der Waals surface area contributed by atoms with E-state index in [0.29, 0.717) is 29.4 Å². The predicted octanol–water partition coefficient (Wildman–Crippen LogP) is 1.74. The zero-order valence-corrected chi connectivity index (χ0v) is 12.0. The molecule has 2 aromatic rings. The molecule has 7 heteroatoms. The molecule has 0 bridgehead atoms. The van der Waals surface area contributed by atoms with E-state index in [1.807, 2.05) is 13.0 Å². The van der Waals surface area contributed by atoms with Gasteiger partial charge in [0.1, 0.15) is 0 Å². The normalized spacial score (nSPS) is 18.0. The molecule has 1 amide bonds. The summed E-state index contributed by atoms with van der Waals surface area (Å²) < 4.78 is 5.19. The van der Waals surface area contributed by atoms with E-state index in [0.717, 1.165) is 0 Å². The standard InChI is InChI=1S/C15H15N3O4/c1-2-12-16-14(22-17-12)9-4-3-5-11(6-9)18-8-10(15(20)21)7-13(18)19/h3-6,10H,2,7-8H2,1H3,(H,20,21). The molecule has 114 valence electrons. The Morgan fingerprint density at radius 1 is 1.50 bits per heavy atom. The molecule has 0 aliphatic carbocycles. The molecule has 3 rings (SSSR count). The third-order valence-electron chi connectivity index (χ3n) is 3.66. The molecule has 1 aromatic heterocycles. The lowest BCUT2D eigenvalue weighted by Crippen LogP contribution is -2.25. The molecule has 1 aliphatic heterocycles. The Bertz CT molecular complexity index is 725. The first kappa shape index (κ1) is 14.2. The maximum Gasteiger partial charge on any atom is 0.308 e. The lowest BCUT2D eigenvalue weighted by atomic mass is 10.1. The molecule has 1 atom stereocenters. The van der Waals surface area contributed by atoms with Crippen LogP contribution in [0.4, 0.5) is 5.69 Å². The molecule has 1 unspecified atom stereocenters. The first-order valence-electron chi connectivity index (χ1n) is 7.04. The van der Waals surface area contributed by atoms with Crippen LogP contribution >= 0.6 is 0 Å². The van der Waals surface area contributed by atoms with Gasteiger partial charge in [-0.05, 0) is 18.2 Å². The SMILES string of the molecule is CCc1noc(-c2cccc(N3CC(C(=O)O)CC3=O)c2)n1. The van der Waals surface area contributed by atoms with E-state index in [9.17, 15) is 9.59 Å². The third kappa shape index (κ3) is 2.57. The average Bonchev–Trinajstić information content (AvgIpc) is 3.14. The second kappa shape index (κ2) is 5.59. The van der Waals surface area contributed by atoms with Crippen LogP contribution in [0, 0.1) is 5.92 Å². The summed E-state index contributed by atoms with van der Waals surface area (Å²) in [5.41, 5.74) is 1.35. The number of amides is 1. The highest BCUT2D eigenvalue weighted by atomic mass is 16.5. The van der Waals surface area contributed by atoms with Crippen molar-refractivity contribution in [3.05, 3.63) is 30.1 Å². The highest BCUT2D eigenvalue weighted by molar-refractivity contribution is 5.99. The zero-order chi connectivity index (χ0) is 15.7. The summed E-state index contributed by atoms with van der Waals surface area (Å²) in [5, 5.41) is 12.9. The van der Waals surface area contributed by atoms with Crippen LogP contribution in [0.5, 0.6) is 0 Å². The van der Waals surface area contributed by atoms with Gasteiger partial charge in [-0.2, -0.15) is 4.98 Å². The summed E-state index contributed by atoms with van der Waals surface area (Å²) in [7, 11) is 0. The molecule has 7 nitrogen and oxygen atoms in total. The van der Waals surface area contributed by atoms with Gasteiger partial charge in [0.2, 0.25) is 5.91 Å².